The Morgan fingerprint density at radius 1 is 1.21 bits per heavy atom. The molecule has 1 aromatic carbocycles. The van der Waals surface area contributed by atoms with Crippen LogP contribution in [0.25, 0.3) is 0 Å². The third kappa shape index (κ3) is 3.96. The Hall–Kier alpha value is -1.03. The van der Waals surface area contributed by atoms with Crippen molar-refractivity contribution in [3.63, 3.8) is 0 Å². The number of benzene rings is 1. The molecule has 0 fully saturated rings. The fourth-order valence-electron chi connectivity index (χ4n) is 1.89. The van der Waals surface area contributed by atoms with Gasteiger partial charge in [0.25, 0.3) is 0 Å². The molecule has 0 aliphatic heterocycles. The van der Waals surface area contributed by atoms with Crippen LogP contribution in [0.3, 0.4) is 0 Å². The van der Waals surface area contributed by atoms with Crippen molar-refractivity contribution in [1.29, 1.82) is 0 Å². The first-order chi connectivity index (χ1) is 9.06. The number of hydrogen-bond acceptors (Lipinski definition) is 3. The summed E-state index contributed by atoms with van der Waals surface area (Å²) in [5, 5.41) is 11.0. The first-order valence-corrected chi connectivity index (χ1v) is 7.43. The number of nitrogens with zero attached hydrogens (tertiary/aromatic N) is 1. The van der Waals surface area contributed by atoms with Gasteiger partial charge in [0, 0.05) is 22.0 Å². The maximum Gasteiger partial charge on any atom is 0.0885 e. The van der Waals surface area contributed by atoms with Crippen LogP contribution in [0.5, 0.6) is 0 Å². The molecule has 1 heterocycles. The first-order valence-electron chi connectivity index (χ1n) is 6.07. The number of thioether (sulfide) groups is 1. The Morgan fingerprint density at radius 2 is 1.84 bits per heavy atom. The summed E-state index contributed by atoms with van der Waals surface area (Å²) in [5.74, 6) is 0.576. The van der Waals surface area contributed by atoms with Crippen LogP contribution in [0.15, 0.2) is 41.3 Å². The second-order valence-electron chi connectivity index (χ2n) is 4.44. The van der Waals surface area contributed by atoms with Gasteiger partial charge in [0.2, 0.25) is 0 Å². The van der Waals surface area contributed by atoms with Gasteiger partial charge in [-0.15, -0.1) is 11.8 Å². The molecule has 1 N–H and O–H groups in total. The maximum absolute atomic E-state index is 10.2. The van der Waals surface area contributed by atoms with E-state index in [4.69, 9.17) is 11.6 Å². The zero-order valence-electron chi connectivity index (χ0n) is 10.9. The van der Waals surface area contributed by atoms with Crippen LogP contribution >= 0.6 is 23.4 Å². The molecule has 0 aliphatic carbocycles. The number of halogens is 1. The molecular weight excluding hydrogens is 278 g/mol. The molecule has 0 radical (unpaired) electrons. The summed E-state index contributed by atoms with van der Waals surface area (Å²) in [7, 11) is 0. The monoisotopic (exact) mass is 293 g/mol. The van der Waals surface area contributed by atoms with Gasteiger partial charge in [-0.25, -0.2) is 0 Å². The van der Waals surface area contributed by atoms with E-state index in [1.54, 1.807) is 11.8 Å². The lowest BCUT2D eigenvalue weighted by Gasteiger charge is -2.12. The number of aromatic nitrogens is 1. The lowest BCUT2D eigenvalue weighted by atomic mass is 10.1. The van der Waals surface area contributed by atoms with Gasteiger partial charge in [-0.1, -0.05) is 23.7 Å². The Labute approximate surface area is 122 Å². The molecule has 19 heavy (non-hydrogen) atoms. The molecule has 0 bridgehead atoms. The Morgan fingerprint density at radius 3 is 2.47 bits per heavy atom. The number of pyridine rings is 1. The van der Waals surface area contributed by atoms with Gasteiger partial charge in [-0.3, -0.25) is 4.98 Å². The summed E-state index contributed by atoms with van der Waals surface area (Å²) in [4.78, 5) is 5.30. The van der Waals surface area contributed by atoms with E-state index >= 15 is 0 Å². The number of aliphatic hydroxyl groups is 1. The van der Waals surface area contributed by atoms with Crippen LogP contribution in [-0.4, -0.2) is 15.8 Å². The van der Waals surface area contributed by atoms with Gasteiger partial charge in [0.15, 0.2) is 0 Å². The predicted molar refractivity (Wildman–Crippen MR) is 80.8 cm³/mol. The van der Waals surface area contributed by atoms with E-state index in [0.29, 0.717) is 5.75 Å². The third-order valence-electron chi connectivity index (χ3n) is 2.72. The zero-order valence-corrected chi connectivity index (χ0v) is 12.5. The van der Waals surface area contributed by atoms with Crippen molar-refractivity contribution in [2.45, 2.75) is 24.8 Å². The maximum atomic E-state index is 10.2. The highest BCUT2D eigenvalue weighted by atomic mass is 35.5. The van der Waals surface area contributed by atoms with Gasteiger partial charge >= 0.3 is 0 Å². The fraction of sp³-hybridized carbons (Fsp3) is 0.267. The predicted octanol–water partition coefficient (Wildman–Crippen LogP) is 4.18. The normalized spacial score (nSPS) is 12.4. The summed E-state index contributed by atoms with van der Waals surface area (Å²) in [5.41, 5.74) is 2.76. The standard InChI is InChI=1S/C15H16ClNOS/c1-10-7-12(8-11(2)17-10)14(18)9-19-15-6-4-3-5-13(15)16/h3-8,14,18H,9H2,1-2H3. The molecule has 100 valence electrons. The third-order valence-corrected chi connectivity index (χ3v) is 4.31. The molecule has 4 heteroatoms. The summed E-state index contributed by atoms with van der Waals surface area (Å²) in [6, 6.07) is 11.5. The molecule has 2 nitrogen and oxygen atoms in total. The van der Waals surface area contributed by atoms with Gasteiger partial charge in [-0.05, 0) is 43.7 Å². The lowest BCUT2D eigenvalue weighted by molar-refractivity contribution is 0.204. The van der Waals surface area contributed by atoms with E-state index in [0.717, 1.165) is 26.9 Å². The van der Waals surface area contributed by atoms with Crippen molar-refractivity contribution in [2.24, 2.45) is 0 Å². The highest BCUT2D eigenvalue weighted by Crippen LogP contribution is 2.30. The quantitative estimate of drug-likeness (QED) is 0.859. The second-order valence-corrected chi connectivity index (χ2v) is 5.91. The second kappa shape index (κ2) is 6.42. The van der Waals surface area contributed by atoms with Gasteiger partial charge < -0.3 is 5.11 Å². The summed E-state index contributed by atoms with van der Waals surface area (Å²) in [6.45, 7) is 3.87. The van der Waals surface area contributed by atoms with E-state index in [9.17, 15) is 5.11 Å². The molecule has 1 unspecified atom stereocenters. The van der Waals surface area contributed by atoms with E-state index in [1.165, 1.54) is 0 Å². The average Bonchev–Trinajstić information content (AvgIpc) is 2.36. The van der Waals surface area contributed by atoms with Crippen molar-refractivity contribution < 1.29 is 5.11 Å². The molecule has 1 atom stereocenters. The SMILES string of the molecule is Cc1cc(C(O)CSc2ccccc2Cl)cc(C)n1. The van der Waals surface area contributed by atoms with Crippen LogP contribution < -0.4 is 0 Å². The summed E-state index contributed by atoms with van der Waals surface area (Å²) >= 11 is 7.65. The molecule has 0 saturated carbocycles. The van der Waals surface area contributed by atoms with E-state index in [-0.39, 0.29) is 0 Å². The minimum atomic E-state index is -0.512. The van der Waals surface area contributed by atoms with Gasteiger partial charge in [0.05, 0.1) is 11.1 Å². The molecule has 0 saturated heterocycles. The Balaban J connectivity index is 2.05. The van der Waals surface area contributed by atoms with Crippen LogP contribution in [-0.2, 0) is 0 Å². The van der Waals surface area contributed by atoms with E-state index < -0.39 is 6.10 Å². The molecular formula is C15H16ClNOS. The van der Waals surface area contributed by atoms with Crippen molar-refractivity contribution in [3.05, 3.63) is 58.4 Å². The summed E-state index contributed by atoms with van der Waals surface area (Å²) in [6.07, 6.45) is -0.512. The summed E-state index contributed by atoms with van der Waals surface area (Å²) < 4.78 is 0. The van der Waals surface area contributed by atoms with Gasteiger partial charge in [0.1, 0.15) is 0 Å². The minimum Gasteiger partial charge on any atom is -0.388 e. The number of hydrogen-bond donors (Lipinski definition) is 1. The van der Waals surface area contributed by atoms with Crippen molar-refractivity contribution in [1.82, 2.24) is 4.98 Å². The van der Waals surface area contributed by atoms with Crippen LogP contribution in [0, 0.1) is 13.8 Å². The van der Waals surface area contributed by atoms with E-state index in [2.05, 4.69) is 4.98 Å². The highest BCUT2D eigenvalue weighted by Gasteiger charge is 2.10. The number of rotatable bonds is 4. The Kier molecular flexibility index (Phi) is 4.86. The minimum absolute atomic E-state index is 0.512. The van der Waals surface area contributed by atoms with Crippen molar-refractivity contribution >= 4 is 23.4 Å². The molecule has 2 rings (SSSR count). The molecule has 0 spiro atoms. The van der Waals surface area contributed by atoms with Crippen LogP contribution in [0.4, 0.5) is 0 Å². The first kappa shape index (κ1) is 14.4. The molecule has 0 aliphatic rings. The highest BCUT2D eigenvalue weighted by molar-refractivity contribution is 7.99. The van der Waals surface area contributed by atoms with Crippen molar-refractivity contribution in [2.75, 3.05) is 5.75 Å². The molecule has 0 amide bonds. The Bertz CT molecular complexity index is 554. The number of aryl methyl sites for hydroxylation is 2. The smallest absolute Gasteiger partial charge is 0.0885 e. The largest absolute Gasteiger partial charge is 0.388 e. The topological polar surface area (TPSA) is 33.1 Å². The molecule has 1 aromatic heterocycles. The zero-order chi connectivity index (χ0) is 13.8. The van der Waals surface area contributed by atoms with Crippen LogP contribution in [0.1, 0.15) is 23.1 Å². The van der Waals surface area contributed by atoms with Gasteiger partial charge in [-0.2, -0.15) is 0 Å². The number of aliphatic hydroxyl groups excluding tert-OH is 1. The van der Waals surface area contributed by atoms with E-state index in [1.807, 2.05) is 50.2 Å². The lowest BCUT2D eigenvalue weighted by Crippen LogP contribution is -2.02. The van der Waals surface area contributed by atoms with Crippen molar-refractivity contribution in [3.8, 4) is 0 Å². The van der Waals surface area contributed by atoms with Crippen LogP contribution in [0.2, 0.25) is 5.02 Å². The average molecular weight is 294 g/mol. The fourth-order valence-corrected chi connectivity index (χ4v) is 3.10. The molecule has 2 aromatic rings.